The van der Waals surface area contributed by atoms with Crippen LogP contribution in [-0.2, 0) is 14.8 Å². The standard InChI is InChI=1S/C15H25N5O3S/c1-16-7-5-15(21)18-8-13-24(22,23)20-11-9-19(10-12-20)14-4-2-3-6-17-14/h2-4,6,16H,5,7-13H2,1H3,(H,18,21). The van der Waals surface area contributed by atoms with Gasteiger partial charge in [0, 0.05) is 51.9 Å². The maximum Gasteiger partial charge on any atom is 0.221 e. The Morgan fingerprint density at radius 3 is 2.58 bits per heavy atom. The third kappa shape index (κ3) is 5.43. The average Bonchev–Trinajstić information content (AvgIpc) is 2.60. The summed E-state index contributed by atoms with van der Waals surface area (Å²) < 4.78 is 26.2. The molecule has 2 heterocycles. The van der Waals surface area contributed by atoms with Crippen molar-refractivity contribution in [3.05, 3.63) is 24.4 Å². The summed E-state index contributed by atoms with van der Waals surface area (Å²) in [6.45, 7) is 2.83. The van der Waals surface area contributed by atoms with Gasteiger partial charge >= 0.3 is 0 Å². The van der Waals surface area contributed by atoms with Crippen molar-refractivity contribution < 1.29 is 13.2 Å². The molecule has 0 radical (unpaired) electrons. The Morgan fingerprint density at radius 2 is 1.96 bits per heavy atom. The van der Waals surface area contributed by atoms with Gasteiger partial charge < -0.3 is 15.5 Å². The number of amides is 1. The summed E-state index contributed by atoms with van der Waals surface area (Å²) in [5, 5.41) is 5.52. The first kappa shape index (κ1) is 18.6. The molecular weight excluding hydrogens is 330 g/mol. The molecule has 1 aromatic rings. The highest BCUT2D eigenvalue weighted by atomic mass is 32.2. The summed E-state index contributed by atoms with van der Waals surface area (Å²) in [5.41, 5.74) is 0. The van der Waals surface area contributed by atoms with Crippen LogP contribution < -0.4 is 15.5 Å². The number of rotatable bonds is 8. The molecule has 1 aliphatic heterocycles. The molecule has 0 unspecified atom stereocenters. The number of aromatic nitrogens is 1. The molecule has 1 aliphatic rings. The van der Waals surface area contributed by atoms with Crippen molar-refractivity contribution in [2.45, 2.75) is 6.42 Å². The van der Waals surface area contributed by atoms with Crippen LogP contribution in [-0.4, -0.2) is 75.7 Å². The lowest BCUT2D eigenvalue weighted by molar-refractivity contribution is -0.120. The minimum atomic E-state index is -3.35. The topological polar surface area (TPSA) is 94.6 Å². The zero-order valence-electron chi connectivity index (χ0n) is 13.9. The number of nitrogens with zero attached hydrogens (tertiary/aromatic N) is 3. The van der Waals surface area contributed by atoms with Gasteiger partial charge in [-0.1, -0.05) is 6.07 Å². The maximum atomic E-state index is 12.4. The molecule has 2 rings (SSSR count). The number of carbonyl (C=O) groups excluding carboxylic acids is 1. The zero-order chi connectivity index (χ0) is 17.4. The minimum Gasteiger partial charge on any atom is -0.355 e. The molecule has 0 saturated carbocycles. The largest absolute Gasteiger partial charge is 0.355 e. The first-order valence-corrected chi connectivity index (χ1v) is 9.69. The fourth-order valence-electron chi connectivity index (χ4n) is 2.51. The van der Waals surface area contributed by atoms with Crippen LogP contribution >= 0.6 is 0 Å². The highest BCUT2D eigenvalue weighted by Gasteiger charge is 2.27. The first-order chi connectivity index (χ1) is 11.5. The molecule has 0 spiro atoms. The van der Waals surface area contributed by atoms with Gasteiger partial charge in [0.1, 0.15) is 5.82 Å². The maximum absolute atomic E-state index is 12.4. The zero-order valence-corrected chi connectivity index (χ0v) is 14.8. The monoisotopic (exact) mass is 355 g/mol. The number of hydrogen-bond donors (Lipinski definition) is 2. The SMILES string of the molecule is CNCCC(=O)NCCS(=O)(=O)N1CCN(c2ccccn2)CC1. The highest BCUT2D eigenvalue weighted by Crippen LogP contribution is 2.14. The molecule has 9 heteroatoms. The lowest BCUT2D eigenvalue weighted by Gasteiger charge is -2.34. The quantitative estimate of drug-likeness (QED) is 0.638. The van der Waals surface area contributed by atoms with Crippen LogP contribution in [0.4, 0.5) is 5.82 Å². The van der Waals surface area contributed by atoms with Crippen molar-refractivity contribution in [1.29, 1.82) is 0 Å². The number of pyridine rings is 1. The van der Waals surface area contributed by atoms with Gasteiger partial charge in [0.15, 0.2) is 0 Å². The Morgan fingerprint density at radius 1 is 1.21 bits per heavy atom. The van der Waals surface area contributed by atoms with Gasteiger partial charge in [-0.3, -0.25) is 4.79 Å². The molecule has 1 aromatic heterocycles. The Balaban J connectivity index is 1.76. The van der Waals surface area contributed by atoms with Crippen LogP contribution in [0.5, 0.6) is 0 Å². The van der Waals surface area contributed by atoms with Gasteiger partial charge in [0.2, 0.25) is 15.9 Å². The van der Waals surface area contributed by atoms with Crippen molar-refractivity contribution in [2.75, 3.05) is 57.0 Å². The van der Waals surface area contributed by atoms with Crippen LogP contribution in [0, 0.1) is 0 Å². The van der Waals surface area contributed by atoms with E-state index in [2.05, 4.69) is 20.5 Å². The van der Waals surface area contributed by atoms with Crippen LogP contribution in [0.25, 0.3) is 0 Å². The molecule has 1 saturated heterocycles. The van der Waals surface area contributed by atoms with Crippen LogP contribution in [0.15, 0.2) is 24.4 Å². The fourth-order valence-corrected chi connectivity index (χ4v) is 3.85. The number of nitrogens with one attached hydrogen (secondary N) is 2. The lowest BCUT2D eigenvalue weighted by Crippen LogP contribution is -2.50. The number of sulfonamides is 1. The molecular formula is C15H25N5O3S. The molecule has 1 amide bonds. The predicted molar refractivity (Wildman–Crippen MR) is 93.4 cm³/mol. The summed E-state index contributed by atoms with van der Waals surface area (Å²) in [6, 6.07) is 5.70. The number of hydrogen-bond acceptors (Lipinski definition) is 6. The summed E-state index contributed by atoms with van der Waals surface area (Å²) >= 11 is 0. The van der Waals surface area contributed by atoms with Crippen LogP contribution in [0.1, 0.15) is 6.42 Å². The normalized spacial score (nSPS) is 16.1. The Hall–Kier alpha value is -1.71. The van der Waals surface area contributed by atoms with E-state index in [-0.39, 0.29) is 18.2 Å². The van der Waals surface area contributed by atoms with Crippen molar-refractivity contribution in [3.8, 4) is 0 Å². The molecule has 134 valence electrons. The second-order valence-corrected chi connectivity index (χ2v) is 7.68. The van der Waals surface area contributed by atoms with E-state index in [1.807, 2.05) is 18.2 Å². The van der Waals surface area contributed by atoms with Crippen molar-refractivity contribution in [1.82, 2.24) is 19.9 Å². The van der Waals surface area contributed by atoms with Gasteiger partial charge in [-0.05, 0) is 19.2 Å². The summed E-state index contributed by atoms with van der Waals surface area (Å²) in [4.78, 5) is 17.9. The molecule has 0 atom stereocenters. The third-order valence-corrected chi connectivity index (χ3v) is 5.76. The molecule has 0 bridgehead atoms. The number of carbonyl (C=O) groups is 1. The Bertz CT molecular complexity index is 615. The molecule has 1 fully saturated rings. The first-order valence-electron chi connectivity index (χ1n) is 8.08. The number of anilines is 1. The van der Waals surface area contributed by atoms with Gasteiger partial charge in [-0.25, -0.2) is 13.4 Å². The Labute approximate surface area is 143 Å². The van der Waals surface area contributed by atoms with Crippen LogP contribution in [0.2, 0.25) is 0 Å². The summed E-state index contributed by atoms with van der Waals surface area (Å²) in [6.07, 6.45) is 2.08. The number of piperazine rings is 1. The van der Waals surface area contributed by atoms with Crippen molar-refractivity contribution in [2.24, 2.45) is 0 Å². The van der Waals surface area contributed by atoms with E-state index in [1.54, 1.807) is 13.2 Å². The fraction of sp³-hybridized carbons (Fsp3) is 0.600. The van der Waals surface area contributed by atoms with Crippen molar-refractivity contribution >= 4 is 21.7 Å². The summed E-state index contributed by atoms with van der Waals surface area (Å²) in [7, 11) is -1.58. The van der Waals surface area contributed by atoms with E-state index in [9.17, 15) is 13.2 Å². The molecule has 8 nitrogen and oxygen atoms in total. The highest BCUT2D eigenvalue weighted by molar-refractivity contribution is 7.89. The average molecular weight is 355 g/mol. The third-order valence-electron chi connectivity index (χ3n) is 3.89. The second-order valence-electron chi connectivity index (χ2n) is 5.59. The lowest BCUT2D eigenvalue weighted by atomic mass is 10.3. The van der Waals surface area contributed by atoms with E-state index in [0.717, 1.165) is 5.82 Å². The smallest absolute Gasteiger partial charge is 0.221 e. The predicted octanol–water partition coefficient (Wildman–Crippen LogP) is -0.741. The van der Waals surface area contributed by atoms with Crippen molar-refractivity contribution in [3.63, 3.8) is 0 Å². The van der Waals surface area contributed by atoms with E-state index >= 15 is 0 Å². The van der Waals surface area contributed by atoms with Gasteiger partial charge in [0.25, 0.3) is 0 Å². The van der Waals surface area contributed by atoms with Crippen LogP contribution in [0.3, 0.4) is 0 Å². The van der Waals surface area contributed by atoms with E-state index in [1.165, 1.54) is 4.31 Å². The van der Waals surface area contributed by atoms with E-state index < -0.39 is 10.0 Å². The molecule has 0 aromatic carbocycles. The van der Waals surface area contributed by atoms with Gasteiger partial charge in [-0.15, -0.1) is 0 Å². The van der Waals surface area contributed by atoms with Gasteiger partial charge in [-0.2, -0.15) is 4.31 Å². The molecule has 2 N–H and O–H groups in total. The molecule has 24 heavy (non-hydrogen) atoms. The minimum absolute atomic E-state index is 0.0676. The second kappa shape index (κ2) is 8.95. The molecule has 0 aliphatic carbocycles. The van der Waals surface area contributed by atoms with E-state index in [0.29, 0.717) is 39.1 Å². The summed E-state index contributed by atoms with van der Waals surface area (Å²) in [5.74, 6) is 0.660. The van der Waals surface area contributed by atoms with E-state index in [4.69, 9.17) is 0 Å². The Kier molecular flexibility index (Phi) is 6.95. The van der Waals surface area contributed by atoms with Gasteiger partial charge in [0.05, 0.1) is 5.75 Å².